The Morgan fingerprint density at radius 1 is 1.19 bits per heavy atom. The minimum absolute atomic E-state index is 0.0165. The summed E-state index contributed by atoms with van der Waals surface area (Å²) in [5, 5.41) is 1.75. The third-order valence-corrected chi connectivity index (χ3v) is 4.96. The monoisotopic (exact) mass is 370 g/mol. The van der Waals surface area contributed by atoms with Gasteiger partial charge in [-0.2, -0.15) is 0 Å². The van der Waals surface area contributed by atoms with Crippen molar-refractivity contribution in [3.63, 3.8) is 0 Å². The Morgan fingerprint density at radius 2 is 1.96 bits per heavy atom. The van der Waals surface area contributed by atoms with Crippen LogP contribution in [0.1, 0.15) is 11.3 Å². The Kier molecular flexibility index (Phi) is 4.47. The van der Waals surface area contributed by atoms with Gasteiger partial charge in [-0.15, -0.1) is 0 Å². The molecule has 26 heavy (non-hydrogen) atoms. The molecule has 0 spiro atoms. The number of H-pyrrole nitrogens is 1. The lowest BCUT2D eigenvalue weighted by atomic mass is 10.0. The van der Waals surface area contributed by atoms with Gasteiger partial charge in [0.05, 0.1) is 7.11 Å². The predicted molar refractivity (Wildman–Crippen MR) is 101 cm³/mol. The average Bonchev–Trinajstić information content (AvgIpc) is 3.04. The van der Waals surface area contributed by atoms with Gasteiger partial charge in [0.1, 0.15) is 11.5 Å². The van der Waals surface area contributed by atoms with Crippen LogP contribution in [0.3, 0.4) is 0 Å². The van der Waals surface area contributed by atoms with E-state index in [1.807, 2.05) is 23.1 Å². The number of hydrogen-bond donors (Lipinski definition) is 1. The molecule has 0 atom stereocenters. The maximum atomic E-state index is 12.6. The van der Waals surface area contributed by atoms with Crippen LogP contribution in [0.2, 0.25) is 5.02 Å². The molecule has 0 saturated heterocycles. The molecule has 0 radical (unpaired) electrons. The van der Waals surface area contributed by atoms with Crippen LogP contribution in [0.5, 0.6) is 11.5 Å². The molecule has 3 aromatic rings. The van der Waals surface area contributed by atoms with Crippen LogP contribution in [0.15, 0.2) is 42.5 Å². The van der Waals surface area contributed by atoms with E-state index < -0.39 is 0 Å². The summed E-state index contributed by atoms with van der Waals surface area (Å²) in [6.07, 6.45) is 0.805. The molecular formula is C20H19ClN2O3. The van der Waals surface area contributed by atoms with Gasteiger partial charge in [-0.1, -0.05) is 11.6 Å². The number of methoxy groups -OCH3 is 1. The number of nitrogens with one attached hydrogen (secondary N) is 1. The highest BCUT2D eigenvalue weighted by Crippen LogP contribution is 2.30. The number of fused-ring (bicyclic) bond motifs is 3. The van der Waals surface area contributed by atoms with Crippen molar-refractivity contribution in [3.8, 4) is 11.5 Å². The Balaban J connectivity index is 1.48. The topological polar surface area (TPSA) is 54.6 Å². The Morgan fingerprint density at radius 3 is 2.73 bits per heavy atom. The standard InChI is InChI=1S/C20H19ClN2O3/c1-25-15-6-7-18-16(10-15)17-11-23(9-8-19(17)22-18)20(24)12-26-14-4-2-13(21)3-5-14/h2-7,10,22H,8-9,11-12H2,1H3. The number of aromatic amines is 1. The van der Waals surface area contributed by atoms with Crippen molar-refractivity contribution in [1.29, 1.82) is 0 Å². The van der Waals surface area contributed by atoms with Gasteiger partial charge in [0.2, 0.25) is 0 Å². The summed E-state index contributed by atoms with van der Waals surface area (Å²) in [6, 6.07) is 13.0. The molecule has 1 aliphatic heterocycles. The minimum Gasteiger partial charge on any atom is -0.497 e. The molecule has 0 bridgehead atoms. The van der Waals surface area contributed by atoms with Gasteiger partial charge >= 0.3 is 0 Å². The number of amides is 1. The van der Waals surface area contributed by atoms with Crippen molar-refractivity contribution in [3.05, 3.63) is 58.7 Å². The van der Waals surface area contributed by atoms with Crippen molar-refractivity contribution >= 4 is 28.4 Å². The normalized spacial score (nSPS) is 13.5. The maximum absolute atomic E-state index is 12.6. The fourth-order valence-corrected chi connectivity index (χ4v) is 3.43. The van der Waals surface area contributed by atoms with E-state index in [0.29, 0.717) is 23.9 Å². The lowest BCUT2D eigenvalue weighted by Crippen LogP contribution is -2.38. The van der Waals surface area contributed by atoms with Gasteiger partial charge in [-0.05, 0) is 42.5 Å². The second-order valence-electron chi connectivity index (χ2n) is 6.30. The zero-order valence-corrected chi connectivity index (χ0v) is 15.2. The van der Waals surface area contributed by atoms with Gasteiger partial charge < -0.3 is 19.4 Å². The smallest absolute Gasteiger partial charge is 0.260 e. The molecule has 4 rings (SSSR count). The lowest BCUT2D eigenvalue weighted by Gasteiger charge is -2.27. The van der Waals surface area contributed by atoms with Crippen LogP contribution >= 0.6 is 11.6 Å². The van der Waals surface area contributed by atoms with E-state index in [0.717, 1.165) is 28.6 Å². The molecule has 1 aromatic heterocycles. The first-order chi connectivity index (χ1) is 12.6. The molecule has 0 fully saturated rings. The number of rotatable bonds is 4. The van der Waals surface area contributed by atoms with E-state index in [1.165, 1.54) is 5.69 Å². The Hall–Kier alpha value is -2.66. The Bertz CT molecular complexity index is 950. The summed E-state index contributed by atoms with van der Waals surface area (Å²) in [7, 11) is 1.66. The van der Waals surface area contributed by atoms with Gasteiger partial charge in [-0.25, -0.2) is 0 Å². The lowest BCUT2D eigenvalue weighted by molar-refractivity contribution is -0.134. The number of ether oxygens (including phenoxy) is 2. The number of nitrogens with zero attached hydrogens (tertiary/aromatic N) is 1. The van der Waals surface area contributed by atoms with Crippen molar-refractivity contribution in [1.82, 2.24) is 9.88 Å². The summed E-state index contributed by atoms with van der Waals surface area (Å²) in [4.78, 5) is 17.9. The average molecular weight is 371 g/mol. The zero-order chi connectivity index (χ0) is 18.1. The summed E-state index contributed by atoms with van der Waals surface area (Å²) >= 11 is 5.86. The highest BCUT2D eigenvalue weighted by Gasteiger charge is 2.24. The van der Waals surface area contributed by atoms with E-state index in [2.05, 4.69) is 4.98 Å². The fraction of sp³-hybridized carbons (Fsp3) is 0.250. The van der Waals surface area contributed by atoms with Crippen molar-refractivity contribution in [2.75, 3.05) is 20.3 Å². The largest absolute Gasteiger partial charge is 0.497 e. The van der Waals surface area contributed by atoms with E-state index in [1.54, 1.807) is 31.4 Å². The van der Waals surface area contributed by atoms with Crippen LogP contribution < -0.4 is 9.47 Å². The number of aromatic nitrogens is 1. The molecule has 0 saturated carbocycles. The SMILES string of the molecule is COc1ccc2[nH]c3c(c2c1)CN(C(=O)COc1ccc(Cl)cc1)CC3. The molecule has 5 nitrogen and oxygen atoms in total. The second-order valence-corrected chi connectivity index (χ2v) is 6.74. The first-order valence-corrected chi connectivity index (χ1v) is 8.85. The summed E-state index contributed by atoms with van der Waals surface area (Å²) in [5.74, 6) is 1.42. The van der Waals surface area contributed by atoms with Gasteiger partial charge in [-0.3, -0.25) is 4.79 Å². The van der Waals surface area contributed by atoms with E-state index >= 15 is 0 Å². The first-order valence-electron chi connectivity index (χ1n) is 8.47. The highest BCUT2D eigenvalue weighted by molar-refractivity contribution is 6.30. The molecule has 2 aromatic carbocycles. The molecule has 6 heteroatoms. The van der Waals surface area contributed by atoms with E-state index in [-0.39, 0.29) is 12.5 Å². The predicted octanol–water partition coefficient (Wildman–Crippen LogP) is 3.79. The quantitative estimate of drug-likeness (QED) is 0.760. The molecule has 2 heterocycles. The van der Waals surface area contributed by atoms with Crippen molar-refractivity contribution < 1.29 is 14.3 Å². The number of carbonyl (C=O) groups excluding carboxylic acids is 1. The number of halogens is 1. The van der Waals surface area contributed by atoms with E-state index in [4.69, 9.17) is 21.1 Å². The molecule has 0 aliphatic carbocycles. The van der Waals surface area contributed by atoms with Crippen molar-refractivity contribution in [2.45, 2.75) is 13.0 Å². The minimum atomic E-state index is -0.0251. The van der Waals surface area contributed by atoms with Gasteiger partial charge in [0.25, 0.3) is 5.91 Å². The van der Waals surface area contributed by atoms with Crippen LogP contribution in [0.25, 0.3) is 10.9 Å². The van der Waals surface area contributed by atoms with Crippen LogP contribution in [-0.2, 0) is 17.8 Å². The molecule has 1 N–H and O–H groups in total. The number of carbonyl (C=O) groups is 1. The zero-order valence-electron chi connectivity index (χ0n) is 14.4. The molecule has 1 amide bonds. The van der Waals surface area contributed by atoms with Crippen LogP contribution in [0.4, 0.5) is 0 Å². The number of hydrogen-bond acceptors (Lipinski definition) is 3. The number of benzene rings is 2. The Labute approximate surface area is 156 Å². The molecule has 0 unspecified atom stereocenters. The molecule has 134 valence electrons. The second kappa shape index (κ2) is 6.92. The van der Waals surface area contributed by atoms with Gasteiger partial charge in [0.15, 0.2) is 6.61 Å². The molecular weight excluding hydrogens is 352 g/mol. The third kappa shape index (κ3) is 3.22. The molecule has 1 aliphatic rings. The first kappa shape index (κ1) is 16.8. The van der Waals surface area contributed by atoms with E-state index in [9.17, 15) is 4.79 Å². The van der Waals surface area contributed by atoms with Gasteiger partial charge in [0, 0.05) is 46.7 Å². The summed E-state index contributed by atoms with van der Waals surface area (Å²) in [6.45, 7) is 1.27. The summed E-state index contributed by atoms with van der Waals surface area (Å²) in [5.41, 5.74) is 3.42. The van der Waals surface area contributed by atoms with Crippen LogP contribution in [-0.4, -0.2) is 36.1 Å². The van der Waals surface area contributed by atoms with Crippen LogP contribution in [0, 0.1) is 0 Å². The fourth-order valence-electron chi connectivity index (χ4n) is 3.30. The summed E-state index contributed by atoms with van der Waals surface area (Å²) < 4.78 is 10.9. The maximum Gasteiger partial charge on any atom is 0.260 e. The van der Waals surface area contributed by atoms with Crippen molar-refractivity contribution in [2.24, 2.45) is 0 Å². The third-order valence-electron chi connectivity index (χ3n) is 4.71. The highest BCUT2D eigenvalue weighted by atomic mass is 35.5.